The normalized spacial score (nSPS) is 18.7. The number of carbonyl (C=O) groups is 1. The number of fused-ring (bicyclic) bond motifs is 1. The number of carbonyl (C=O) groups excluding carboxylic acids is 1. The Bertz CT molecular complexity index is 1250. The third kappa shape index (κ3) is 6.08. The number of halogens is 4. The van der Waals surface area contributed by atoms with Crippen molar-refractivity contribution in [3.05, 3.63) is 59.5 Å². The molecule has 0 bridgehead atoms. The number of hydrogen-bond donors (Lipinski definition) is 2. The summed E-state index contributed by atoms with van der Waals surface area (Å²) >= 11 is 0. The topological polar surface area (TPSA) is 74.6 Å². The minimum absolute atomic E-state index is 0.0487. The fourth-order valence-electron chi connectivity index (χ4n) is 3.96. The van der Waals surface area contributed by atoms with Gasteiger partial charge in [-0.2, -0.15) is 18.3 Å². The van der Waals surface area contributed by atoms with Crippen LogP contribution in [0.5, 0.6) is 0 Å². The Balaban J connectivity index is 1.59. The lowest BCUT2D eigenvalue weighted by Gasteiger charge is -2.33. The van der Waals surface area contributed by atoms with Gasteiger partial charge in [0, 0.05) is 31.0 Å². The van der Waals surface area contributed by atoms with Crippen molar-refractivity contribution in [1.29, 1.82) is 0 Å². The first-order valence-corrected chi connectivity index (χ1v) is 11.0. The molecule has 1 fully saturated rings. The smallest absolute Gasteiger partial charge is 0.364 e. The number of alkyl halides is 4. The molecular formula is C24H24F4N6O. The summed E-state index contributed by atoms with van der Waals surface area (Å²) in [6, 6.07) is 7.49. The molecule has 4 heterocycles. The zero-order valence-electron chi connectivity index (χ0n) is 18.9. The van der Waals surface area contributed by atoms with Crippen molar-refractivity contribution >= 4 is 17.2 Å². The maximum absolute atomic E-state index is 14.5. The van der Waals surface area contributed by atoms with Crippen molar-refractivity contribution in [2.75, 3.05) is 32.0 Å². The van der Waals surface area contributed by atoms with Crippen molar-refractivity contribution in [3.63, 3.8) is 0 Å². The third-order valence-corrected chi connectivity index (χ3v) is 5.68. The molecule has 1 aliphatic rings. The highest BCUT2D eigenvalue weighted by atomic mass is 19.4. The summed E-state index contributed by atoms with van der Waals surface area (Å²) in [5, 5.41) is 9.98. The van der Waals surface area contributed by atoms with Crippen LogP contribution in [0.2, 0.25) is 0 Å². The molecule has 0 spiro atoms. The summed E-state index contributed by atoms with van der Waals surface area (Å²) in [6.07, 6.45) is -3.34. The van der Waals surface area contributed by atoms with Gasteiger partial charge >= 0.3 is 6.18 Å². The van der Waals surface area contributed by atoms with E-state index < -0.39 is 30.7 Å². The minimum Gasteiger partial charge on any atom is -0.364 e. The number of likely N-dealkylation sites (tertiary alicyclic amines) is 1. The molecule has 1 amide bonds. The van der Waals surface area contributed by atoms with Gasteiger partial charge in [-0.25, -0.2) is 8.91 Å². The molecule has 1 aliphatic heterocycles. The molecule has 7 nitrogen and oxygen atoms in total. The predicted molar refractivity (Wildman–Crippen MR) is 123 cm³/mol. The van der Waals surface area contributed by atoms with Crippen LogP contribution >= 0.6 is 0 Å². The maximum Gasteiger partial charge on any atom is 0.393 e. The Morgan fingerprint density at radius 1 is 1.26 bits per heavy atom. The first kappa shape index (κ1) is 24.5. The van der Waals surface area contributed by atoms with Gasteiger partial charge in [-0.3, -0.25) is 9.78 Å². The molecule has 4 rings (SSSR count). The molecule has 2 atom stereocenters. The number of pyridine rings is 2. The SMILES string of the molecule is CN1CC[C@@H](Nc2cccc3c(CC(F)(F)F)c(C#CCNC(=O)c4cccnc4)nn23)[C@@H](F)C1. The van der Waals surface area contributed by atoms with E-state index in [1.807, 2.05) is 11.9 Å². The van der Waals surface area contributed by atoms with Gasteiger partial charge in [0.25, 0.3) is 5.91 Å². The second kappa shape index (κ2) is 10.3. The van der Waals surface area contributed by atoms with E-state index in [0.29, 0.717) is 24.3 Å². The first-order valence-electron chi connectivity index (χ1n) is 11.0. The highest BCUT2D eigenvalue weighted by molar-refractivity contribution is 5.93. The molecule has 184 valence electrons. The van der Waals surface area contributed by atoms with Gasteiger partial charge < -0.3 is 15.5 Å². The Labute approximate surface area is 199 Å². The van der Waals surface area contributed by atoms with Gasteiger partial charge in [-0.1, -0.05) is 12.0 Å². The number of nitrogens with zero attached hydrogens (tertiary/aromatic N) is 4. The standard InChI is InChI=1S/C24H24F4N6O/c1-33-12-9-20(18(25)15-33)31-22-8-2-7-21-17(13-24(26,27)28)19(32-34(21)22)6-4-11-30-23(35)16-5-3-10-29-14-16/h2-3,5,7-8,10,14,18,20,31H,9,11-13,15H2,1H3,(H,30,35)/t18-,20+/m0/s1. The Morgan fingerprint density at radius 2 is 2.09 bits per heavy atom. The quantitative estimate of drug-likeness (QED) is 0.427. The molecule has 0 aromatic carbocycles. The summed E-state index contributed by atoms with van der Waals surface area (Å²) in [5.74, 6) is 5.32. The van der Waals surface area contributed by atoms with E-state index in [9.17, 15) is 22.4 Å². The van der Waals surface area contributed by atoms with Crippen molar-refractivity contribution in [2.24, 2.45) is 0 Å². The van der Waals surface area contributed by atoms with Crippen LogP contribution in [0.25, 0.3) is 5.52 Å². The van der Waals surface area contributed by atoms with Crippen molar-refractivity contribution < 1.29 is 22.4 Å². The van der Waals surface area contributed by atoms with Crippen LogP contribution in [0.15, 0.2) is 42.7 Å². The second-order valence-corrected chi connectivity index (χ2v) is 8.37. The Kier molecular flexibility index (Phi) is 7.21. The van der Waals surface area contributed by atoms with E-state index in [1.165, 1.54) is 23.0 Å². The Hall–Kier alpha value is -3.65. The predicted octanol–water partition coefficient (Wildman–Crippen LogP) is 3.07. The van der Waals surface area contributed by atoms with E-state index >= 15 is 0 Å². The molecule has 3 aromatic heterocycles. The monoisotopic (exact) mass is 488 g/mol. The van der Waals surface area contributed by atoms with E-state index in [4.69, 9.17) is 0 Å². The summed E-state index contributed by atoms with van der Waals surface area (Å²) < 4.78 is 55.9. The maximum atomic E-state index is 14.5. The average molecular weight is 488 g/mol. The van der Waals surface area contributed by atoms with Crippen LogP contribution in [-0.2, 0) is 6.42 Å². The van der Waals surface area contributed by atoms with Crippen LogP contribution in [0.3, 0.4) is 0 Å². The van der Waals surface area contributed by atoms with E-state index in [1.54, 1.807) is 24.3 Å². The average Bonchev–Trinajstić information content (AvgIpc) is 3.15. The molecule has 1 saturated heterocycles. The lowest BCUT2D eigenvalue weighted by molar-refractivity contribution is -0.127. The van der Waals surface area contributed by atoms with E-state index in [2.05, 4.69) is 32.6 Å². The number of anilines is 1. The highest BCUT2D eigenvalue weighted by Gasteiger charge is 2.32. The second-order valence-electron chi connectivity index (χ2n) is 8.37. The van der Waals surface area contributed by atoms with Gasteiger partial charge in [0.15, 0.2) is 0 Å². The highest BCUT2D eigenvalue weighted by Crippen LogP contribution is 2.28. The van der Waals surface area contributed by atoms with Crippen molar-refractivity contribution in [3.8, 4) is 11.8 Å². The largest absolute Gasteiger partial charge is 0.393 e. The number of rotatable bonds is 5. The first-order chi connectivity index (χ1) is 16.7. The molecule has 0 radical (unpaired) electrons. The lowest BCUT2D eigenvalue weighted by atomic mass is 10.0. The molecule has 35 heavy (non-hydrogen) atoms. The van der Waals surface area contributed by atoms with Crippen molar-refractivity contribution in [2.45, 2.75) is 31.2 Å². The van der Waals surface area contributed by atoms with Crippen LogP contribution in [0, 0.1) is 11.8 Å². The summed E-state index contributed by atoms with van der Waals surface area (Å²) in [4.78, 5) is 17.9. The molecule has 11 heteroatoms. The molecule has 0 aliphatic carbocycles. The zero-order chi connectivity index (χ0) is 25.0. The molecular weight excluding hydrogens is 464 g/mol. The van der Waals surface area contributed by atoms with Crippen LogP contribution in [0.4, 0.5) is 23.4 Å². The van der Waals surface area contributed by atoms with Gasteiger partial charge in [0.2, 0.25) is 0 Å². The van der Waals surface area contributed by atoms with E-state index in [-0.39, 0.29) is 29.9 Å². The summed E-state index contributed by atoms with van der Waals surface area (Å²) in [5.41, 5.74) is 0.453. The van der Waals surface area contributed by atoms with E-state index in [0.717, 1.165) is 0 Å². The molecule has 0 saturated carbocycles. The molecule has 2 N–H and O–H groups in total. The minimum atomic E-state index is -4.48. The van der Waals surface area contributed by atoms with Gasteiger partial charge in [-0.05, 0) is 43.7 Å². The summed E-state index contributed by atoms with van der Waals surface area (Å²) in [7, 11) is 1.84. The summed E-state index contributed by atoms with van der Waals surface area (Å²) in [6.45, 7) is 0.888. The third-order valence-electron chi connectivity index (χ3n) is 5.68. The van der Waals surface area contributed by atoms with Gasteiger partial charge in [0.1, 0.15) is 17.7 Å². The number of amides is 1. The van der Waals surface area contributed by atoms with Crippen LogP contribution in [0.1, 0.15) is 28.0 Å². The fraction of sp³-hybridized carbons (Fsp3) is 0.375. The van der Waals surface area contributed by atoms with Gasteiger partial charge in [0.05, 0.1) is 30.1 Å². The number of piperidine rings is 1. The number of nitrogens with one attached hydrogen (secondary N) is 2. The zero-order valence-corrected chi connectivity index (χ0v) is 18.9. The van der Waals surface area contributed by atoms with Crippen LogP contribution in [-0.4, -0.2) is 70.5 Å². The van der Waals surface area contributed by atoms with Crippen LogP contribution < -0.4 is 10.6 Å². The molecule has 0 unspecified atom stereocenters. The van der Waals surface area contributed by atoms with Crippen molar-refractivity contribution in [1.82, 2.24) is 24.8 Å². The lowest BCUT2D eigenvalue weighted by Crippen LogP contribution is -2.46. The Morgan fingerprint density at radius 3 is 2.80 bits per heavy atom. The molecule has 3 aromatic rings. The number of aromatic nitrogens is 3. The van der Waals surface area contributed by atoms with Gasteiger partial charge in [-0.15, -0.1) is 0 Å². The fourth-order valence-corrected chi connectivity index (χ4v) is 3.96. The number of hydrogen-bond acceptors (Lipinski definition) is 5.